The average molecular weight is 282 g/mol. The lowest BCUT2D eigenvalue weighted by atomic mass is 10.3. The highest BCUT2D eigenvalue weighted by Crippen LogP contribution is 2.47. The van der Waals surface area contributed by atoms with Crippen molar-refractivity contribution in [2.24, 2.45) is 5.92 Å². The number of carbonyl (C=O) groups is 1. The third-order valence-corrected chi connectivity index (χ3v) is 3.71. The quantitative estimate of drug-likeness (QED) is 0.857. The molecule has 0 radical (unpaired) electrons. The molecule has 0 aliphatic heterocycles. The van der Waals surface area contributed by atoms with Gasteiger partial charge in [0.15, 0.2) is 0 Å². The van der Waals surface area contributed by atoms with Crippen molar-refractivity contribution in [3.8, 4) is 0 Å². The summed E-state index contributed by atoms with van der Waals surface area (Å²) in [5.41, 5.74) is 0.974. The Morgan fingerprint density at radius 1 is 1.48 bits per heavy atom. The molecular formula is C17H18N2O2. The number of rotatable bonds is 5. The van der Waals surface area contributed by atoms with Crippen molar-refractivity contribution in [2.45, 2.75) is 25.8 Å². The predicted octanol–water partition coefficient (Wildman–Crippen LogP) is 3.13. The smallest absolute Gasteiger partial charge is 0.244 e. The van der Waals surface area contributed by atoms with Gasteiger partial charge in [0.25, 0.3) is 0 Å². The first kappa shape index (κ1) is 13.6. The van der Waals surface area contributed by atoms with Crippen LogP contribution < -0.4 is 5.32 Å². The molecule has 1 fully saturated rings. The zero-order valence-electron chi connectivity index (χ0n) is 12.0. The van der Waals surface area contributed by atoms with Gasteiger partial charge in [-0.15, -0.1) is 0 Å². The van der Waals surface area contributed by atoms with Crippen LogP contribution in [0.4, 0.5) is 0 Å². The van der Waals surface area contributed by atoms with Crippen molar-refractivity contribution >= 4 is 12.0 Å². The van der Waals surface area contributed by atoms with Crippen molar-refractivity contribution in [1.29, 1.82) is 0 Å². The molecule has 1 amide bonds. The van der Waals surface area contributed by atoms with Gasteiger partial charge in [-0.2, -0.15) is 0 Å². The second-order valence-corrected chi connectivity index (χ2v) is 5.47. The van der Waals surface area contributed by atoms with E-state index in [0.717, 1.165) is 23.0 Å². The summed E-state index contributed by atoms with van der Waals surface area (Å²) < 4.78 is 5.71. The van der Waals surface area contributed by atoms with Gasteiger partial charge in [0.05, 0.1) is 0 Å². The highest BCUT2D eigenvalue weighted by atomic mass is 16.3. The van der Waals surface area contributed by atoms with Gasteiger partial charge in [0, 0.05) is 30.9 Å². The minimum Gasteiger partial charge on any atom is -0.461 e. The molecule has 1 saturated carbocycles. The van der Waals surface area contributed by atoms with E-state index in [1.807, 2.05) is 24.3 Å². The number of carbonyl (C=O) groups excluding carboxylic acids is 1. The number of furan rings is 1. The van der Waals surface area contributed by atoms with Crippen molar-refractivity contribution in [3.63, 3.8) is 0 Å². The molecule has 1 aliphatic carbocycles. The first-order valence-electron chi connectivity index (χ1n) is 7.17. The molecule has 4 nitrogen and oxygen atoms in total. The summed E-state index contributed by atoms with van der Waals surface area (Å²) in [6, 6.07) is 7.68. The van der Waals surface area contributed by atoms with Crippen LogP contribution in [0.15, 0.2) is 47.2 Å². The standard InChI is InChI=1S/C17H18N2O2/c1-12-9-15(12)16-6-4-14(21-16)5-7-17(20)19-11-13-3-2-8-18-10-13/h2-8,10,12,15H,9,11H2,1H3,(H,19,20). The lowest BCUT2D eigenvalue weighted by Crippen LogP contribution is -2.20. The fourth-order valence-corrected chi connectivity index (χ4v) is 2.28. The summed E-state index contributed by atoms with van der Waals surface area (Å²) in [5, 5.41) is 2.81. The average Bonchev–Trinajstić information content (AvgIpc) is 3.05. The summed E-state index contributed by atoms with van der Waals surface area (Å²) in [6.45, 7) is 2.69. The predicted molar refractivity (Wildman–Crippen MR) is 80.3 cm³/mol. The highest BCUT2D eigenvalue weighted by molar-refractivity contribution is 5.91. The normalized spacial score (nSPS) is 20.6. The number of pyridine rings is 1. The number of amides is 1. The molecule has 1 N–H and O–H groups in total. The highest BCUT2D eigenvalue weighted by Gasteiger charge is 2.36. The molecule has 2 aromatic rings. The van der Waals surface area contributed by atoms with Gasteiger partial charge < -0.3 is 9.73 Å². The lowest BCUT2D eigenvalue weighted by Gasteiger charge is -2.00. The van der Waals surface area contributed by atoms with Crippen LogP contribution in [0.2, 0.25) is 0 Å². The van der Waals surface area contributed by atoms with Crippen LogP contribution in [-0.4, -0.2) is 10.9 Å². The summed E-state index contributed by atoms with van der Waals surface area (Å²) >= 11 is 0. The molecule has 0 aromatic carbocycles. The van der Waals surface area contributed by atoms with E-state index in [9.17, 15) is 4.79 Å². The molecule has 2 aromatic heterocycles. The Morgan fingerprint density at radius 2 is 2.33 bits per heavy atom. The Bertz CT molecular complexity index is 646. The number of nitrogens with one attached hydrogen (secondary N) is 1. The Morgan fingerprint density at radius 3 is 3.05 bits per heavy atom. The summed E-state index contributed by atoms with van der Waals surface area (Å²) in [6.07, 6.45) is 7.84. The number of aromatic nitrogens is 1. The van der Waals surface area contributed by atoms with Gasteiger partial charge in [0.1, 0.15) is 11.5 Å². The van der Waals surface area contributed by atoms with Crippen LogP contribution in [0.1, 0.15) is 36.3 Å². The number of nitrogens with zero attached hydrogens (tertiary/aromatic N) is 1. The SMILES string of the molecule is CC1CC1c1ccc(C=CC(=O)NCc2cccnc2)o1. The van der Waals surface area contributed by atoms with Gasteiger partial charge in [-0.1, -0.05) is 13.0 Å². The topological polar surface area (TPSA) is 55.1 Å². The van der Waals surface area contributed by atoms with Crippen molar-refractivity contribution in [3.05, 3.63) is 59.8 Å². The van der Waals surface area contributed by atoms with Gasteiger partial charge in [-0.25, -0.2) is 0 Å². The van der Waals surface area contributed by atoms with Crippen LogP contribution in [0.25, 0.3) is 6.08 Å². The van der Waals surface area contributed by atoms with Gasteiger partial charge in [-0.3, -0.25) is 9.78 Å². The van der Waals surface area contributed by atoms with E-state index in [-0.39, 0.29) is 5.91 Å². The Hall–Kier alpha value is -2.36. The monoisotopic (exact) mass is 282 g/mol. The van der Waals surface area contributed by atoms with E-state index in [1.54, 1.807) is 18.5 Å². The maximum Gasteiger partial charge on any atom is 0.244 e. The van der Waals surface area contributed by atoms with E-state index in [2.05, 4.69) is 17.2 Å². The van der Waals surface area contributed by atoms with Crippen LogP contribution >= 0.6 is 0 Å². The van der Waals surface area contributed by atoms with Gasteiger partial charge in [-0.05, 0) is 42.2 Å². The van der Waals surface area contributed by atoms with Crippen molar-refractivity contribution in [1.82, 2.24) is 10.3 Å². The van der Waals surface area contributed by atoms with Crippen molar-refractivity contribution in [2.75, 3.05) is 0 Å². The molecule has 4 heteroatoms. The zero-order valence-corrected chi connectivity index (χ0v) is 12.0. The molecule has 2 unspecified atom stereocenters. The Labute approximate surface area is 123 Å². The molecule has 0 spiro atoms. The van der Waals surface area contributed by atoms with Crippen molar-refractivity contribution < 1.29 is 9.21 Å². The minimum atomic E-state index is -0.142. The lowest BCUT2D eigenvalue weighted by molar-refractivity contribution is -0.116. The summed E-state index contributed by atoms with van der Waals surface area (Å²) in [4.78, 5) is 15.7. The summed E-state index contributed by atoms with van der Waals surface area (Å²) in [5.74, 6) is 2.89. The second-order valence-electron chi connectivity index (χ2n) is 5.47. The first-order valence-corrected chi connectivity index (χ1v) is 7.17. The van der Waals surface area contributed by atoms with Crippen LogP contribution in [-0.2, 0) is 11.3 Å². The molecule has 2 atom stereocenters. The number of hydrogen-bond acceptors (Lipinski definition) is 3. The van der Waals surface area contributed by atoms with Gasteiger partial charge in [0.2, 0.25) is 5.91 Å². The van der Waals surface area contributed by atoms with Gasteiger partial charge >= 0.3 is 0 Å². The Balaban J connectivity index is 1.51. The molecule has 108 valence electrons. The molecule has 21 heavy (non-hydrogen) atoms. The molecular weight excluding hydrogens is 264 g/mol. The minimum absolute atomic E-state index is 0.142. The maximum atomic E-state index is 11.7. The van der Waals surface area contributed by atoms with Crippen LogP contribution in [0, 0.1) is 5.92 Å². The largest absolute Gasteiger partial charge is 0.461 e. The molecule has 0 bridgehead atoms. The molecule has 3 rings (SSSR count). The third kappa shape index (κ3) is 3.60. The second kappa shape index (κ2) is 5.95. The molecule has 0 saturated heterocycles. The fourth-order valence-electron chi connectivity index (χ4n) is 2.28. The van der Waals surface area contributed by atoms with E-state index in [0.29, 0.717) is 12.5 Å². The number of hydrogen-bond donors (Lipinski definition) is 1. The fraction of sp³-hybridized carbons (Fsp3) is 0.294. The van der Waals surface area contributed by atoms with E-state index < -0.39 is 0 Å². The molecule has 1 aliphatic rings. The van der Waals surface area contributed by atoms with E-state index in [4.69, 9.17) is 4.42 Å². The summed E-state index contributed by atoms with van der Waals surface area (Å²) in [7, 11) is 0. The zero-order chi connectivity index (χ0) is 14.7. The van der Waals surface area contributed by atoms with Crippen LogP contribution in [0.3, 0.4) is 0 Å². The molecule has 2 heterocycles. The maximum absolute atomic E-state index is 11.7. The third-order valence-electron chi connectivity index (χ3n) is 3.71. The van der Waals surface area contributed by atoms with E-state index in [1.165, 1.54) is 12.5 Å². The first-order chi connectivity index (χ1) is 10.2. The van der Waals surface area contributed by atoms with E-state index >= 15 is 0 Å². The van der Waals surface area contributed by atoms with Crippen LogP contribution in [0.5, 0.6) is 0 Å². The Kier molecular flexibility index (Phi) is 3.86.